The lowest BCUT2D eigenvalue weighted by Crippen LogP contribution is -2.39. The maximum absolute atomic E-state index is 10.0. The van der Waals surface area contributed by atoms with E-state index in [-0.39, 0.29) is 10.2 Å². The highest BCUT2D eigenvalue weighted by Crippen LogP contribution is 2.41. The van der Waals surface area contributed by atoms with Gasteiger partial charge in [0.15, 0.2) is 4.33 Å². The summed E-state index contributed by atoms with van der Waals surface area (Å²) in [5.41, 5.74) is 0.740. The van der Waals surface area contributed by atoms with Crippen LogP contribution < -0.4 is 5.32 Å². The molecule has 1 aliphatic carbocycles. The second-order valence-electron chi connectivity index (χ2n) is 4.03. The molecule has 1 aliphatic rings. The van der Waals surface area contributed by atoms with Crippen molar-refractivity contribution in [2.24, 2.45) is 0 Å². The number of alkyl halides is 2. The summed E-state index contributed by atoms with van der Waals surface area (Å²) >= 11 is 18.4. The lowest BCUT2D eigenvalue weighted by molar-refractivity contribution is -0.0874. The van der Waals surface area contributed by atoms with Crippen molar-refractivity contribution < 1.29 is 10.2 Å². The smallest absolute Gasteiger partial charge is 0.238 e. The monoisotopic (exact) mass is 427 g/mol. The molecule has 3 N–H and O–H groups in total. The third kappa shape index (κ3) is 3.54. The van der Waals surface area contributed by atoms with E-state index in [0.29, 0.717) is 5.69 Å². The SMILES string of the molecule is OC1(O)C(Br)=CC(Cl)(Cl)C=C1Nc1cccc(Br)c1. The summed E-state index contributed by atoms with van der Waals surface area (Å²) in [6, 6.07) is 7.23. The van der Waals surface area contributed by atoms with Gasteiger partial charge < -0.3 is 15.5 Å². The second kappa shape index (κ2) is 5.39. The van der Waals surface area contributed by atoms with Gasteiger partial charge in [0, 0.05) is 10.2 Å². The van der Waals surface area contributed by atoms with Crippen molar-refractivity contribution in [2.45, 2.75) is 10.1 Å². The summed E-state index contributed by atoms with van der Waals surface area (Å²) < 4.78 is -0.389. The van der Waals surface area contributed by atoms with E-state index in [4.69, 9.17) is 23.2 Å². The van der Waals surface area contributed by atoms with Gasteiger partial charge in [0.1, 0.15) is 0 Å². The van der Waals surface area contributed by atoms with Crippen LogP contribution in [0.25, 0.3) is 0 Å². The lowest BCUT2D eigenvalue weighted by atomic mass is 10.0. The molecule has 19 heavy (non-hydrogen) atoms. The number of rotatable bonds is 2. The predicted octanol–water partition coefficient (Wildman–Crippen LogP) is 3.89. The molecule has 1 aromatic carbocycles. The van der Waals surface area contributed by atoms with Crippen molar-refractivity contribution >= 4 is 60.7 Å². The van der Waals surface area contributed by atoms with E-state index in [1.165, 1.54) is 12.2 Å². The zero-order chi connectivity index (χ0) is 14.3. The topological polar surface area (TPSA) is 52.5 Å². The first kappa shape index (κ1) is 15.4. The normalized spacial score (nSPS) is 20.5. The van der Waals surface area contributed by atoms with Crippen LogP contribution >= 0.6 is 55.1 Å². The molecule has 0 radical (unpaired) electrons. The Kier molecular flexibility index (Phi) is 4.35. The van der Waals surface area contributed by atoms with E-state index in [9.17, 15) is 10.2 Å². The summed E-state index contributed by atoms with van der Waals surface area (Å²) in [6.45, 7) is 0. The molecular weight excluding hydrogens is 421 g/mol. The molecule has 7 heteroatoms. The van der Waals surface area contributed by atoms with Gasteiger partial charge in [-0.25, -0.2) is 0 Å². The van der Waals surface area contributed by atoms with Crippen molar-refractivity contribution in [1.82, 2.24) is 0 Å². The Morgan fingerprint density at radius 1 is 1.11 bits per heavy atom. The Hall–Kier alpha value is -0.0400. The number of hydrogen-bond acceptors (Lipinski definition) is 3. The van der Waals surface area contributed by atoms with E-state index >= 15 is 0 Å². The van der Waals surface area contributed by atoms with Crippen LogP contribution in [-0.2, 0) is 0 Å². The van der Waals surface area contributed by atoms with E-state index in [1.54, 1.807) is 12.1 Å². The van der Waals surface area contributed by atoms with Crippen LogP contribution in [0, 0.1) is 0 Å². The first-order valence-electron chi connectivity index (χ1n) is 5.18. The van der Waals surface area contributed by atoms with Gasteiger partial charge in [0.2, 0.25) is 5.79 Å². The molecule has 0 bridgehead atoms. The Balaban J connectivity index is 2.35. The zero-order valence-electron chi connectivity index (χ0n) is 9.37. The van der Waals surface area contributed by atoms with Crippen molar-refractivity contribution in [3.05, 3.63) is 51.1 Å². The number of anilines is 1. The first-order valence-corrected chi connectivity index (χ1v) is 7.52. The summed E-state index contributed by atoms with van der Waals surface area (Å²) in [4.78, 5) is 0. The highest BCUT2D eigenvalue weighted by atomic mass is 79.9. The molecule has 0 aromatic heterocycles. The number of hydrogen-bond donors (Lipinski definition) is 3. The van der Waals surface area contributed by atoms with E-state index in [0.717, 1.165) is 4.47 Å². The molecule has 102 valence electrons. The number of benzene rings is 1. The summed E-state index contributed by atoms with van der Waals surface area (Å²) in [5, 5.41) is 23.0. The number of halogens is 4. The number of nitrogens with one attached hydrogen (secondary N) is 1. The van der Waals surface area contributed by atoms with E-state index in [1.807, 2.05) is 12.1 Å². The number of allylic oxidation sites excluding steroid dienone is 2. The second-order valence-corrected chi connectivity index (χ2v) is 7.25. The zero-order valence-corrected chi connectivity index (χ0v) is 14.1. The Morgan fingerprint density at radius 3 is 2.42 bits per heavy atom. The van der Waals surface area contributed by atoms with Gasteiger partial charge in [0.05, 0.1) is 10.2 Å². The highest BCUT2D eigenvalue weighted by molar-refractivity contribution is 9.11. The summed E-state index contributed by atoms with van der Waals surface area (Å²) in [7, 11) is 0. The lowest BCUT2D eigenvalue weighted by Gasteiger charge is -2.32. The molecule has 0 fully saturated rings. The number of aliphatic hydroxyl groups is 2. The third-order valence-electron chi connectivity index (χ3n) is 2.47. The fraction of sp³-hybridized carbons (Fsp3) is 0.167. The Morgan fingerprint density at radius 2 is 1.79 bits per heavy atom. The van der Waals surface area contributed by atoms with Crippen molar-refractivity contribution in [3.8, 4) is 0 Å². The summed E-state index contributed by atoms with van der Waals surface area (Å²) in [6.07, 6.45) is 2.64. The molecule has 0 saturated heterocycles. The Labute approximate surface area is 137 Å². The predicted molar refractivity (Wildman–Crippen MR) is 84.5 cm³/mol. The minimum Gasteiger partial charge on any atom is -0.357 e. The van der Waals surface area contributed by atoms with E-state index in [2.05, 4.69) is 37.2 Å². The minimum absolute atomic E-state index is 0.0741. The molecule has 0 unspecified atom stereocenters. The average Bonchev–Trinajstić information content (AvgIpc) is 2.25. The molecule has 3 nitrogen and oxygen atoms in total. The largest absolute Gasteiger partial charge is 0.357 e. The van der Waals surface area contributed by atoms with Crippen molar-refractivity contribution in [1.29, 1.82) is 0 Å². The fourth-order valence-corrected chi connectivity index (χ4v) is 3.25. The molecule has 0 spiro atoms. The van der Waals surface area contributed by atoms with E-state index < -0.39 is 10.1 Å². The van der Waals surface area contributed by atoms with Crippen LogP contribution in [0.3, 0.4) is 0 Å². The first-order chi connectivity index (χ1) is 8.71. The molecule has 0 saturated carbocycles. The maximum atomic E-state index is 10.0. The van der Waals surface area contributed by atoms with Crippen LogP contribution in [-0.4, -0.2) is 20.3 Å². The maximum Gasteiger partial charge on any atom is 0.238 e. The van der Waals surface area contributed by atoms with Crippen LogP contribution in [0.4, 0.5) is 5.69 Å². The molecule has 1 aromatic rings. The van der Waals surface area contributed by atoms with Gasteiger partial charge in [-0.05, 0) is 46.3 Å². The van der Waals surface area contributed by atoms with Crippen LogP contribution in [0.15, 0.2) is 51.1 Å². The standard InChI is InChI=1S/C12H9Br2Cl2NO2/c13-7-2-1-3-8(4-7)17-10-6-11(15,16)5-9(14)12(10,18)19/h1-6,17-19H. The summed E-state index contributed by atoms with van der Waals surface area (Å²) in [5.74, 6) is -2.20. The average molecular weight is 430 g/mol. The molecule has 2 rings (SSSR count). The van der Waals surface area contributed by atoms with Gasteiger partial charge in [-0.15, -0.1) is 0 Å². The van der Waals surface area contributed by atoms with Gasteiger partial charge >= 0.3 is 0 Å². The van der Waals surface area contributed by atoms with Crippen molar-refractivity contribution in [2.75, 3.05) is 5.32 Å². The third-order valence-corrected chi connectivity index (χ3v) is 4.18. The highest BCUT2D eigenvalue weighted by Gasteiger charge is 2.40. The van der Waals surface area contributed by atoms with Crippen LogP contribution in [0.1, 0.15) is 0 Å². The van der Waals surface area contributed by atoms with Crippen LogP contribution in [0.2, 0.25) is 0 Å². The molecule has 0 heterocycles. The van der Waals surface area contributed by atoms with Gasteiger partial charge in [-0.1, -0.05) is 45.2 Å². The van der Waals surface area contributed by atoms with Crippen LogP contribution in [0.5, 0.6) is 0 Å². The molecule has 0 atom stereocenters. The molecular formula is C12H9Br2Cl2NO2. The fourth-order valence-electron chi connectivity index (χ4n) is 1.58. The minimum atomic E-state index is -2.20. The van der Waals surface area contributed by atoms with Gasteiger partial charge in [-0.3, -0.25) is 0 Å². The quantitative estimate of drug-likeness (QED) is 0.494. The molecule has 0 aliphatic heterocycles. The van der Waals surface area contributed by atoms with Gasteiger partial charge in [-0.2, -0.15) is 0 Å². The molecule has 0 amide bonds. The van der Waals surface area contributed by atoms with Gasteiger partial charge in [0.25, 0.3) is 0 Å². The van der Waals surface area contributed by atoms with Crippen molar-refractivity contribution in [3.63, 3.8) is 0 Å². The Bertz CT molecular complexity index is 571.